The summed E-state index contributed by atoms with van der Waals surface area (Å²) in [6.45, 7) is 0.0994. The predicted molar refractivity (Wildman–Crippen MR) is 68.9 cm³/mol. The van der Waals surface area contributed by atoms with Gasteiger partial charge in [0.2, 0.25) is 0 Å². The van der Waals surface area contributed by atoms with Crippen LogP contribution < -0.4 is 5.56 Å². The molecular formula is C13H9BrF3NO. The van der Waals surface area contributed by atoms with Crippen molar-refractivity contribution >= 4 is 15.9 Å². The van der Waals surface area contributed by atoms with Crippen molar-refractivity contribution in [1.82, 2.24) is 4.57 Å². The fourth-order valence-electron chi connectivity index (χ4n) is 1.71. The first-order valence-electron chi connectivity index (χ1n) is 5.39. The molecule has 0 bridgehead atoms. The van der Waals surface area contributed by atoms with Crippen molar-refractivity contribution in [3.05, 3.63) is 68.5 Å². The third-order valence-corrected chi connectivity index (χ3v) is 3.06. The molecule has 1 aromatic heterocycles. The first-order valence-corrected chi connectivity index (χ1v) is 6.18. The number of rotatable bonds is 2. The van der Waals surface area contributed by atoms with E-state index < -0.39 is 17.3 Å². The molecule has 0 radical (unpaired) electrons. The highest BCUT2D eigenvalue weighted by atomic mass is 79.9. The average molecular weight is 332 g/mol. The van der Waals surface area contributed by atoms with Gasteiger partial charge in [-0.1, -0.05) is 28.1 Å². The third kappa shape index (κ3) is 3.26. The van der Waals surface area contributed by atoms with E-state index in [-0.39, 0.29) is 6.54 Å². The normalized spacial score (nSPS) is 11.6. The minimum atomic E-state index is -4.63. The Kier molecular flexibility index (Phi) is 3.80. The van der Waals surface area contributed by atoms with E-state index in [2.05, 4.69) is 15.9 Å². The number of halogens is 4. The predicted octanol–water partition coefficient (Wildman–Crippen LogP) is 3.68. The SMILES string of the molecule is O=c1c(C(F)(F)F)cccn1Cc1cccc(Br)c1. The number of benzene rings is 1. The van der Waals surface area contributed by atoms with E-state index in [0.717, 1.165) is 20.7 Å². The largest absolute Gasteiger partial charge is 0.421 e. The van der Waals surface area contributed by atoms with Gasteiger partial charge in [-0.2, -0.15) is 13.2 Å². The summed E-state index contributed by atoms with van der Waals surface area (Å²) in [4.78, 5) is 11.7. The van der Waals surface area contributed by atoms with Gasteiger partial charge in [-0.25, -0.2) is 0 Å². The van der Waals surface area contributed by atoms with E-state index in [1.807, 2.05) is 0 Å². The fourth-order valence-corrected chi connectivity index (χ4v) is 2.16. The molecule has 1 heterocycles. The monoisotopic (exact) mass is 331 g/mol. The van der Waals surface area contributed by atoms with E-state index in [0.29, 0.717) is 0 Å². The highest BCUT2D eigenvalue weighted by molar-refractivity contribution is 9.10. The van der Waals surface area contributed by atoms with Gasteiger partial charge in [0.05, 0.1) is 6.54 Å². The van der Waals surface area contributed by atoms with Gasteiger partial charge in [-0.05, 0) is 29.8 Å². The lowest BCUT2D eigenvalue weighted by atomic mass is 10.2. The smallest absolute Gasteiger partial charge is 0.311 e. The van der Waals surface area contributed by atoms with Crippen LogP contribution in [0.2, 0.25) is 0 Å². The second kappa shape index (κ2) is 5.21. The Morgan fingerprint density at radius 2 is 1.89 bits per heavy atom. The second-order valence-corrected chi connectivity index (χ2v) is 4.90. The standard InChI is InChI=1S/C13H9BrF3NO/c14-10-4-1-3-9(7-10)8-18-6-2-5-11(12(18)19)13(15,16)17/h1-7H,8H2. The fraction of sp³-hybridized carbons (Fsp3) is 0.154. The van der Waals surface area contributed by atoms with Gasteiger partial charge in [-0.3, -0.25) is 4.79 Å². The van der Waals surface area contributed by atoms with E-state index in [1.165, 1.54) is 12.3 Å². The van der Waals surface area contributed by atoms with Gasteiger partial charge < -0.3 is 4.57 Å². The number of hydrogen-bond acceptors (Lipinski definition) is 1. The summed E-state index contributed by atoms with van der Waals surface area (Å²) >= 11 is 3.27. The molecule has 2 nitrogen and oxygen atoms in total. The zero-order chi connectivity index (χ0) is 14.0. The molecule has 0 saturated carbocycles. The lowest BCUT2D eigenvalue weighted by Crippen LogP contribution is -2.28. The van der Waals surface area contributed by atoms with Gasteiger partial charge in [0, 0.05) is 10.7 Å². The summed E-state index contributed by atoms with van der Waals surface area (Å²) in [6, 6.07) is 9.09. The molecule has 0 N–H and O–H groups in total. The first kappa shape index (κ1) is 13.9. The number of hydrogen-bond donors (Lipinski definition) is 0. The molecule has 6 heteroatoms. The lowest BCUT2D eigenvalue weighted by molar-refractivity contribution is -0.138. The Morgan fingerprint density at radius 3 is 2.53 bits per heavy atom. The summed E-state index contributed by atoms with van der Waals surface area (Å²) in [6.07, 6.45) is -3.28. The maximum atomic E-state index is 12.6. The summed E-state index contributed by atoms with van der Waals surface area (Å²) in [5.74, 6) is 0. The van der Waals surface area contributed by atoms with E-state index in [1.54, 1.807) is 24.3 Å². The summed E-state index contributed by atoms with van der Waals surface area (Å²) in [7, 11) is 0. The Morgan fingerprint density at radius 1 is 1.16 bits per heavy atom. The molecule has 2 rings (SSSR count). The minimum absolute atomic E-state index is 0.0994. The van der Waals surface area contributed by atoms with E-state index >= 15 is 0 Å². The van der Waals surface area contributed by atoms with E-state index in [9.17, 15) is 18.0 Å². The Bertz CT molecular complexity index is 649. The zero-order valence-corrected chi connectivity index (χ0v) is 11.2. The topological polar surface area (TPSA) is 22.0 Å². The van der Waals surface area contributed by atoms with Crippen LogP contribution in [0.5, 0.6) is 0 Å². The quantitative estimate of drug-likeness (QED) is 0.822. The first-order chi connectivity index (χ1) is 8.88. The van der Waals surface area contributed by atoms with Crippen molar-refractivity contribution in [3.8, 4) is 0 Å². The van der Waals surface area contributed by atoms with Crippen LogP contribution in [0, 0.1) is 0 Å². The molecule has 19 heavy (non-hydrogen) atoms. The van der Waals surface area contributed by atoms with Crippen LogP contribution in [0.4, 0.5) is 13.2 Å². The second-order valence-electron chi connectivity index (χ2n) is 3.98. The molecule has 0 unspecified atom stereocenters. The molecule has 0 spiro atoms. The highest BCUT2D eigenvalue weighted by Crippen LogP contribution is 2.26. The molecule has 0 aliphatic carbocycles. The van der Waals surface area contributed by atoms with Crippen LogP contribution in [-0.2, 0) is 12.7 Å². The Balaban J connectivity index is 2.40. The van der Waals surface area contributed by atoms with E-state index in [4.69, 9.17) is 0 Å². The van der Waals surface area contributed by atoms with Crippen molar-refractivity contribution < 1.29 is 13.2 Å². The van der Waals surface area contributed by atoms with Gasteiger partial charge in [0.1, 0.15) is 5.56 Å². The maximum absolute atomic E-state index is 12.6. The average Bonchev–Trinajstić information content (AvgIpc) is 2.30. The molecule has 0 fully saturated rings. The molecule has 0 aliphatic rings. The van der Waals surface area contributed by atoms with Crippen molar-refractivity contribution in [2.45, 2.75) is 12.7 Å². The van der Waals surface area contributed by atoms with Gasteiger partial charge in [-0.15, -0.1) is 0 Å². The molecular weight excluding hydrogens is 323 g/mol. The van der Waals surface area contributed by atoms with Crippen LogP contribution in [-0.4, -0.2) is 4.57 Å². The number of aromatic nitrogens is 1. The third-order valence-electron chi connectivity index (χ3n) is 2.57. The van der Waals surface area contributed by atoms with Crippen molar-refractivity contribution in [2.24, 2.45) is 0 Å². The minimum Gasteiger partial charge on any atom is -0.311 e. The molecule has 1 aromatic carbocycles. The molecule has 0 amide bonds. The number of nitrogens with zero attached hydrogens (tertiary/aromatic N) is 1. The Labute approximate surface area is 115 Å². The molecule has 0 saturated heterocycles. The highest BCUT2D eigenvalue weighted by Gasteiger charge is 2.34. The van der Waals surface area contributed by atoms with Crippen LogP contribution in [0.15, 0.2) is 51.9 Å². The van der Waals surface area contributed by atoms with Gasteiger partial charge in [0.25, 0.3) is 5.56 Å². The van der Waals surface area contributed by atoms with Crippen molar-refractivity contribution in [2.75, 3.05) is 0 Å². The summed E-state index contributed by atoms with van der Waals surface area (Å²) in [5.41, 5.74) is -1.43. The van der Waals surface area contributed by atoms with Crippen LogP contribution in [0.1, 0.15) is 11.1 Å². The molecule has 100 valence electrons. The molecule has 2 aromatic rings. The van der Waals surface area contributed by atoms with Crippen LogP contribution in [0.25, 0.3) is 0 Å². The zero-order valence-electron chi connectivity index (χ0n) is 9.62. The Hall–Kier alpha value is -1.56. The molecule has 0 aliphatic heterocycles. The lowest BCUT2D eigenvalue weighted by Gasteiger charge is -2.10. The summed E-state index contributed by atoms with van der Waals surface area (Å²) < 4.78 is 39.7. The van der Waals surface area contributed by atoms with Gasteiger partial charge in [0.15, 0.2) is 0 Å². The number of pyridine rings is 1. The maximum Gasteiger partial charge on any atom is 0.421 e. The van der Waals surface area contributed by atoms with Crippen molar-refractivity contribution in [1.29, 1.82) is 0 Å². The molecule has 0 atom stereocenters. The van der Waals surface area contributed by atoms with Crippen LogP contribution >= 0.6 is 15.9 Å². The van der Waals surface area contributed by atoms with Crippen LogP contribution in [0.3, 0.4) is 0 Å². The number of alkyl halides is 3. The summed E-state index contributed by atoms with van der Waals surface area (Å²) in [5, 5.41) is 0. The van der Waals surface area contributed by atoms with Gasteiger partial charge >= 0.3 is 6.18 Å². The van der Waals surface area contributed by atoms with Crippen molar-refractivity contribution in [3.63, 3.8) is 0 Å².